The normalized spacial score (nSPS) is 17.7. The molecule has 0 radical (unpaired) electrons. The Morgan fingerprint density at radius 3 is 2.00 bits per heavy atom. The van der Waals surface area contributed by atoms with E-state index in [1.54, 1.807) is 0 Å². The van der Waals surface area contributed by atoms with Crippen molar-refractivity contribution in [1.82, 2.24) is 9.97 Å². The molecule has 52 heavy (non-hydrogen) atoms. The first-order chi connectivity index (χ1) is 35.3. The van der Waals surface area contributed by atoms with Gasteiger partial charge in [0.05, 0.1) is 54.0 Å². The smallest absolute Gasteiger partial charge is 0.295 e. The number of benzene rings is 8. The summed E-state index contributed by atoms with van der Waals surface area (Å²) in [5, 5.41) is -0.353. The van der Waals surface area contributed by atoms with Crippen LogP contribution in [-0.4, -0.2) is 9.97 Å². The van der Waals surface area contributed by atoms with E-state index in [0.717, 1.165) is 9.47 Å². The van der Waals surface area contributed by atoms with Crippen molar-refractivity contribution in [2.45, 2.75) is 0 Å². The molecule has 0 saturated heterocycles. The maximum absolute atomic E-state index is 9.86. The first kappa shape index (κ1) is 14.7. The predicted octanol–water partition coefficient (Wildman–Crippen LogP) is 12.1. The number of aromatic nitrogens is 3. The van der Waals surface area contributed by atoms with Crippen LogP contribution in [-0.2, 0) is 0 Å². The third-order valence-corrected chi connectivity index (χ3v) is 8.51. The minimum atomic E-state index is -0.792. The molecule has 0 aliphatic carbocycles. The molecule has 244 valence electrons. The van der Waals surface area contributed by atoms with Gasteiger partial charge < -0.3 is 4.90 Å². The highest BCUT2D eigenvalue weighted by Gasteiger charge is 2.26. The highest BCUT2D eigenvalue weighted by atomic mass is 15.1. The van der Waals surface area contributed by atoms with E-state index in [-0.39, 0.29) is 90.1 Å². The van der Waals surface area contributed by atoms with Gasteiger partial charge in [-0.1, -0.05) is 133 Å². The van der Waals surface area contributed by atoms with Gasteiger partial charge in [-0.2, -0.15) is 4.57 Å². The summed E-state index contributed by atoms with van der Waals surface area (Å²) in [4.78, 5) is 9.10. The number of rotatable bonds is 6. The van der Waals surface area contributed by atoms with Crippen LogP contribution < -0.4 is 9.47 Å². The molecule has 4 nitrogen and oxygen atoms in total. The van der Waals surface area contributed by atoms with E-state index < -0.39 is 138 Å². The lowest BCUT2D eigenvalue weighted by Crippen LogP contribution is -2.31. The summed E-state index contributed by atoms with van der Waals surface area (Å²) in [7, 11) is 0. The molecule has 0 aliphatic heterocycles. The molecule has 8 aromatic carbocycles. The standard InChI is InChI=1S/C48H32N4/c1-5-17-33(18-6-1)46-40-32-31-37-38(25-16-30-43(37)51(34-19-7-2-8-20-34)35-21-9-3-10-22-35)45(40)39-26-15-27-41(47(39)50-46)48-49-42-28-13-14-29-44(42)52(48)36-23-11-4-12-24-36/h1-32H/p+1/i1D,2D,3D,4D,5D,6D,7D,9D,11D,12D,13D,14D,17D,18D,19D,21D,23D,24D,28D,29D,30D,31D,32D. The Morgan fingerprint density at radius 1 is 0.538 bits per heavy atom. The number of nitrogens with zero attached hydrogens (tertiary/aromatic N) is 3. The van der Waals surface area contributed by atoms with Gasteiger partial charge in [0, 0.05) is 38.5 Å². The monoisotopic (exact) mass is 688 g/mol. The molecular formula is C48H33N4+. The largest absolute Gasteiger partial charge is 0.310 e. The van der Waals surface area contributed by atoms with Crippen molar-refractivity contribution in [2.75, 3.05) is 4.90 Å². The Hall–Kier alpha value is -7.04. The molecule has 0 bridgehead atoms. The first-order valence-corrected chi connectivity index (χ1v) is 15.8. The first-order valence-electron chi connectivity index (χ1n) is 27.3. The zero-order chi connectivity index (χ0) is 54.4. The van der Waals surface area contributed by atoms with Crippen LogP contribution in [0.25, 0.3) is 71.8 Å². The number of fused-ring (bicyclic) bond motifs is 6. The van der Waals surface area contributed by atoms with Gasteiger partial charge in [-0.05, 0) is 65.9 Å². The van der Waals surface area contributed by atoms with E-state index in [1.807, 2.05) is 0 Å². The third-order valence-electron chi connectivity index (χ3n) is 8.51. The van der Waals surface area contributed by atoms with Gasteiger partial charge in [-0.25, -0.2) is 9.97 Å². The lowest BCUT2D eigenvalue weighted by atomic mass is 9.93. The average molecular weight is 689 g/mol. The van der Waals surface area contributed by atoms with Crippen LogP contribution in [0.3, 0.4) is 0 Å². The lowest BCUT2D eigenvalue weighted by molar-refractivity contribution is -0.554. The summed E-state index contributed by atoms with van der Waals surface area (Å²) in [6.07, 6.45) is 0. The minimum absolute atomic E-state index is 0.00171. The highest BCUT2D eigenvalue weighted by molar-refractivity contribution is 6.25. The van der Waals surface area contributed by atoms with Gasteiger partial charge in [0.2, 0.25) is 0 Å². The summed E-state index contributed by atoms with van der Waals surface area (Å²) in [5.41, 5.74) is -3.02. The van der Waals surface area contributed by atoms with Gasteiger partial charge in [-0.15, -0.1) is 0 Å². The van der Waals surface area contributed by atoms with E-state index in [4.69, 9.17) is 32.4 Å². The lowest BCUT2D eigenvalue weighted by Gasteiger charge is -2.27. The second-order valence-electron chi connectivity index (χ2n) is 11.3. The maximum Gasteiger partial charge on any atom is 0.295 e. The molecule has 0 saturated carbocycles. The van der Waals surface area contributed by atoms with Crippen LogP contribution in [0.1, 0.15) is 31.5 Å². The summed E-state index contributed by atoms with van der Waals surface area (Å²) in [6.45, 7) is 0. The molecule has 10 rings (SSSR count). The van der Waals surface area contributed by atoms with Gasteiger partial charge in [-0.3, -0.25) is 0 Å². The Bertz CT molecular complexity index is 4140. The average Bonchev–Trinajstić information content (AvgIpc) is 3.80. The van der Waals surface area contributed by atoms with Crippen molar-refractivity contribution >= 4 is 60.5 Å². The second-order valence-corrected chi connectivity index (χ2v) is 11.3. The number of para-hydroxylation sites is 6. The van der Waals surface area contributed by atoms with Crippen molar-refractivity contribution < 1.29 is 36.1 Å². The van der Waals surface area contributed by atoms with Crippen molar-refractivity contribution in [3.8, 4) is 28.3 Å². The second kappa shape index (κ2) is 12.4. The minimum Gasteiger partial charge on any atom is -0.310 e. The summed E-state index contributed by atoms with van der Waals surface area (Å²) in [5.74, 6) is -0.244. The Kier molecular flexibility index (Phi) is 3.49. The van der Waals surface area contributed by atoms with Gasteiger partial charge in [0.25, 0.3) is 5.82 Å². The highest BCUT2D eigenvalue weighted by Crippen LogP contribution is 2.44. The number of nitrogens with one attached hydrogen (secondary N) is 1. The zero-order valence-corrected chi connectivity index (χ0v) is 26.5. The van der Waals surface area contributed by atoms with Crippen molar-refractivity contribution in [2.24, 2.45) is 0 Å². The molecule has 0 fully saturated rings. The van der Waals surface area contributed by atoms with Crippen LogP contribution in [0, 0.1) is 0 Å². The number of anilines is 3. The van der Waals surface area contributed by atoms with Crippen LogP contribution in [0.2, 0.25) is 0 Å². The molecule has 2 aromatic heterocycles. The van der Waals surface area contributed by atoms with Crippen LogP contribution in [0.5, 0.6) is 0 Å². The third kappa shape index (κ3) is 4.84. The molecule has 4 heteroatoms. The molecule has 0 unspecified atom stereocenters. The quantitative estimate of drug-likeness (QED) is 0.139. The Labute approximate surface area is 333 Å². The SMILES string of the molecule is [2H]c1ccc(N(c2ccc([2H])c([2H])c2[2H])c2c([2H])ccc3c2c([2H])c([2H])c2c(-c4c([2H])c([2H])c([2H])c([2H])c4[2H])nc4c(-c5[nH]c6c([2H])c([2H])c([2H])c([2H])c6[n+]5-c5c([2H])c([2H])c([2H])c([2H])c5[2H])cccc4c23)c([2H])c1[2H]. The fourth-order valence-electron chi connectivity index (χ4n) is 6.41. The molecule has 1 N–H and O–H groups in total. The number of pyridine rings is 1. The van der Waals surface area contributed by atoms with E-state index in [1.165, 1.54) is 54.6 Å². The molecule has 0 spiro atoms. The van der Waals surface area contributed by atoms with Gasteiger partial charge >= 0.3 is 0 Å². The van der Waals surface area contributed by atoms with Crippen LogP contribution >= 0.6 is 0 Å². The summed E-state index contributed by atoms with van der Waals surface area (Å²) < 4.78 is 205. The van der Waals surface area contributed by atoms with E-state index >= 15 is 0 Å². The van der Waals surface area contributed by atoms with E-state index in [9.17, 15) is 4.11 Å². The molecule has 0 atom stereocenters. The van der Waals surface area contributed by atoms with Crippen molar-refractivity contribution in [3.63, 3.8) is 0 Å². The fraction of sp³-hybridized carbons (Fsp3) is 0. The van der Waals surface area contributed by atoms with Crippen molar-refractivity contribution in [1.29, 1.82) is 0 Å². The fourth-order valence-corrected chi connectivity index (χ4v) is 6.41. The number of H-pyrrole nitrogens is 1. The molecular weight excluding hydrogens is 633 g/mol. The summed E-state index contributed by atoms with van der Waals surface area (Å²) >= 11 is 0. The van der Waals surface area contributed by atoms with E-state index in [0.29, 0.717) is 0 Å². The van der Waals surface area contributed by atoms with Crippen molar-refractivity contribution in [3.05, 3.63) is 194 Å². The number of hydrogen-bond donors (Lipinski definition) is 1. The van der Waals surface area contributed by atoms with Gasteiger partial charge in [0.15, 0.2) is 11.0 Å². The topological polar surface area (TPSA) is 35.8 Å². The zero-order valence-electron chi connectivity index (χ0n) is 49.5. The summed E-state index contributed by atoms with van der Waals surface area (Å²) in [6, 6.07) is -3.02. The van der Waals surface area contributed by atoms with Crippen LogP contribution in [0.4, 0.5) is 17.1 Å². The molecule has 2 heterocycles. The number of imidazole rings is 1. The predicted molar refractivity (Wildman–Crippen MR) is 216 cm³/mol. The number of aromatic amines is 1. The van der Waals surface area contributed by atoms with Gasteiger partial charge in [0.1, 0.15) is 5.69 Å². The molecule has 0 amide bonds. The maximum atomic E-state index is 9.86. The molecule has 10 aromatic rings. The Balaban J connectivity index is 1.47. The molecule has 0 aliphatic rings. The number of hydrogen-bond acceptors (Lipinski definition) is 2. The van der Waals surface area contributed by atoms with E-state index in [2.05, 4.69) is 4.98 Å². The Morgan fingerprint density at radius 2 is 1.21 bits per heavy atom. The van der Waals surface area contributed by atoms with Crippen LogP contribution in [0.15, 0.2) is 194 Å².